The Hall–Kier alpha value is -0.120. The predicted molar refractivity (Wildman–Crippen MR) is 56.9 cm³/mol. The van der Waals surface area contributed by atoms with Gasteiger partial charge in [0.25, 0.3) is 0 Å². The van der Waals surface area contributed by atoms with Gasteiger partial charge in [0.1, 0.15) is 0 Å². The van der Waals surface area contributed by atoms with Crippen molar-refractivity contribution in [1.29, 1.82) is 0 Å². The van der Waals surface area contributed by atoms with E-state index in [2.05, 4.69) is 31.1 Å². The molecule has 0 amide bonds. The van der Waals surface area contributed by atoms with Crippen molar-refractivity contribution in [2.75, 3.05) is 33.2 Å². The summed E-state index contributed by atoms with van der Waals surface area (Å²) in [6.07, 6.45) is -0.226. The second kappa shape index (κ2) is 7.30. The first-order valence-corrected chi connectivity index (χ1v) is 5.13. The van der Waals surface area contributed by atoms with E-state index in [1.165, 1.54) is 0 Å². The molecule has 0 saturated heterocycles. The Morgan fingerprint density at radius 1 is 1.31 bits per heavy atom. The van der Waals surface area contributed by atoms with Gasteiger partial charge in [-0.15, -0.1) is 0 Å². The number of nitrogens with one attached hydrogen (secondary N) is 1. The van der Waals surface area contributed by atoms with Crippen molar-refractivity contribution < 1.29 is 5.11 Å². The smallest absolute Gasteiger partial charge is 0.0638 e. The summed E-state index contributed by atoms with van der Waals surface area (Å²) in [6, 6.07) is 0. The van der Waals surface area contributed by atoms with Crippen molar-refractivity contribution in [3.63, 3.8) is 0 Å². The summed E-state index contributed by atoms with van der Waals surface area (Å²) < 4.78 is 0. The largest absolute Gasteiger partial charge is 0.392 e. The summed E-state index contributed by atoms with van der Waals surface area (Å²) in [5, 5.41) is 12.5. The van der Waals surface area contributed by atoms with Crippen molar-refractivity contribution >= 4 is 0 Å². The van der Waals surface area contributed by atoms with E-state index in [1.54, 1.807) is 0 Å². The van der Waals surface area contributed by atoms with E-state index in [0.29, 0.717) is 5.92 Å². The maximum absolute atomic E-state index is 9.15. The number of aliphatic hydroxyl groups excluding tert-OH is 1. The number of likely N-dealkylation sites (N-methyl/N-ethyl adjacent to an activating group) is 1. The zero-order chi connectivity index (χ0) is 10.3. The molecular weight excluding hydrogens is 164 g/mol. The van der Waals surface area contributed by atoms with Crippen LogP contribution in [0.25, 0.3) is 0 Å². The van der Waals surface area contributed by atoms with Crippen LogP contribution in [0.5, 0.6) is 0 Å². The van der Waals surface area contributed by atoms with Crippen LogP contribution in [0, 0.1) is 5.92 Å². The highest BCUT2D eigenvalue weighted by molar-refractivity contribution is 4.63. The lowest BCUT2D eigenvalue weighted by Gasteiger charge is -2.22. The zero-order valence-electron chi connectivity index (χ0n) is 9.38. The number of nitrogens with zero attached hydrogens (tertiary/aromatic N) is 1. The van der Waals surface area contributed by atoms with Crippen LogP contribution in [0.4, 0.5) is 0 Å². The minimum Gasteiger partial charge on any atom is -0.392 e. The first-order chi connectivity index (χ1) is 6.06. The summed E-state index contributed by atoms with van der Waals surface area (Å²) in [5.74, 6) is 0.642. The third-order valence-electron chi connectivity index (χ3n) is 1.94. The number of hydrogen-bond acceptors (Lipinski definition) is 3. The van der Waals surface area contributed by atoms with E-state index in [0.717, 1.165) is 26.2 Å². The maximum Gasteiger partial charge on any atom is 0.0638 e. The van der Waals surface area contributed by atoms with E-state index in [9.17, 15) is 0 Å². The topological polar surface area (TPSA) is 35.5 Å². The average molecular weight is 188 g/mol. The lowest BCUT2D eigenvalue weighted by atomic mass is 10.1. The fraction of sp³-hybridized carbons (Fsp3) is 1.00. The standard InChI is InChI=1S/C10H24N2O/c1-5-11-6-9(2)7-12(4)8-10(3)13/h9-11,13H,5-8H2,1-4H3. The molecule has 0 spiro atoms. The molecule has 0 aromatic heterocycles. The molecule has 3 heteroatoms. The maximum atomic E-state index is 9.15. The third-order valence-corrected chi connectivity index (χ3v) is 1.94. The molecule has 0 radical (unpaired) electrons. The summed E-state index contributed by atoms with van der Waals surface area (Å²) in [6.45, 7) is 10.1. The lowest BCUT2D eigenvalue weighted by molar-refractivity contribution is 0.133. The molecular formula is C10H24N2O. The van der Waals surface area contributed by atoms with Gasteiger partial charge in [-0.1, -0.05) is 13.8 Å². The average Bonchev–Trinajstić information content (AvgIpc) is 1.98. The Balaban J connectivity index is 3.46. The van der Waals surface area contributed by atoms with Crippen molar-refractivity contribution in [3.05, 3.63) is 0 Å². The van der Waals surface area contributed by atoms with E-state index >= 15 is 0 Å². The number of aliphatic hydroxyl groups is 1. The summed E-state index contributed by atoms with van der Waals surface area (Å²) in [4.78, 5) is 2.17. The Morgan fingerprint density at radius 2 is 1.92 bits per heavy atom. The molecule has 0 aliphatic rings. The summed E-state index contributed by atoms with van der Waals surface area (Å²) in [7, 11) is 2.05. The number of hydrogen-bond donors (Lipinski definition) is 2. The Kier molecular flexibility index (Phi) is 7.23. The van der Waals surface area contributed by atoms with E-state index in [1.807, 2.05) is 6.92 Å². The molecule has 2 N–H and O–H groups in total. The highest BCUT2D eigenvalue weighted by atomic mass is 16.3. The SMILES string of the molecule is CCNCC(C)CN(C)CC(C)O. The van der Waals surface area contributed by atoms with Gasteiger partial charge in [-0.3, -0.25) is 0 Å². The minimum atomic E-state index is -0.226. The van der Waals surface area contributed by atoms with Gasteiger partial charge in [-0.05, 0) is 33.0 Å². The normalized spacial score (nSPS) is 16.2. The van der Waals surface area contributed by atoms with Gasteiger partial charge in [0.05, 0.1) is 6.10 Å². The molecule has 0 aromatic carbocycles. The van der Waals surface area contributed by atoms with Crippen molar-refractivity contribution in [2.45, 2.75) is 26.9 Å². The fourth-order valence-corrected chi connectivity index (χ4v) is 1.51. The second-order valence-corrected chi connectivity index (χ2v) is 3.98. The van der Waals surface area contributed by atoms with Crippen LogP contribution in [0.2, 0.25) is 0 Å². The minimum absolute atomic E-state index is 0.226. The molecule has 0 bridgehead atoms. The highest BCUT2D eigenvalue weighted by Crippen LogP contribution is 1.97. The molecule has 0 aliphatic carbocycles. The van der Waals surface area contributed by atoms with Crippen molar-refractivity contribution in [1.82, 2.24) is 10.2 Å². The van der Waals surface area contributed by atoms with Gasteiger partial charge in [-0.2, -0.15) is 0 Å². The van der Waals surface area contributed by atoms with Crippen LogP contribution in [-0.2, 0) is 0 Å². The Morgan fingerprint density at radius 3 is 2.38 bits per heavy atom. The van der Waals surface area contributed by atoms with Gasteiger partial charge >= 0.3 is 0 Å². The van der Waals surface area contributed by atoms with Crippen molar-refractivity contribution in [3.8, 4) is 0 Å². The van der Waals surface area contributed by atoms with Gasteiger partial charge in [0, 0.05) is 13.1 Å². The monoisotopic (exact) mass is 188 g/mol. The highest BCUT2D eigenvalue weighted by Gasteiger charge is 2.07. The third kappa shape index (κ3) is 8.22. The van der Waals surface area contributed by atoms with Gasteiger partial charge in [-0.25, -0.2) is 0 Å². The van der Waals surface area contributed by atoms with Crippen LogP contribution in [-0.4, -0.2) is 49.3 Å². The quantitative estimate of drug-likeness (QED) is 0.612. The first-order valence-electron chi connectivity index (χ1n) is 5.13. The van der Waals surface area contributed by atoms with E-state index < -0.39 is 0 Å². The molecule has 2 unspecified atom stereocenters. The molecule has 2 atom stereocenters. The van der Waals surface area contributed by atoms with Gasteiger partial charge in [0.2, 0.25) is 0 Å². The summed E-state index contributed by atoms with van der Waals surface area (Å²) >= 11 is 0. The molecule has 0 saturated carbocycles. The zero-order valence-corrected chi connectivity index (χ0v) is 9.38. The van der Waals surface area contributed by atoms with Crippen LogP contribution in [0.1, 0.15) is 20.8 Å². The molecule has 0 aromatic rings. The summed E-state index contributed by atoms with van der Waals surface area (Å²) in [5.41, 5.74) is 0. The molecule has 0 aliphatic heterocycles. The van der Waals surface area contributed by atoms with Gasteiger partial charge in [0.15, 0.2) is 0 Å². The van der Waals surface area contributed by atoms with Crippen LogP contribution in [0.15, 0.2) is 0 Å². The number of rotatable bonds is 7. The predicted octanol–water partition coefficient (Wildman–Crippen LogP) is 0.545. The lowest BCUT2D eigenvalue weighted by Crippen LogP contribution is -2.34. The molecule has 0 rings (SSSR count). The van der Waals surface area contributed by atoms with Crippen LogP contribution < -0.4 is 5.32 Å². The van der Waals surface area contributed by atoms with Gasteiger partial charge < -0.3 is 15.3 Å². The molecule has 13 heavy (non-hydrogen) atoms. The Labute approximate surface area is 82.1 Å². The van der Waals surface area contributed by atoms with Crippen LogP contribution in [0.3, 0.4) is 0 Å². The molecule has 80 valence electrons. The molecule has 3 nitrogen and oxygen atoms in total. The van der Waals surface area contributed by atoms with Crippen LogP contribution >= 0.6 is 0 Å². The second-order valence-electron chi connectivity index (χ2n) is 3.98. The first kappa shape index (κ1) is 12.9. The van der Waals surface area contributed by atoms with Crippen molar-refractivity contribution in [2.24, 2.45) is 5.92 Å². The van der Waals surface area contributed by atoms with E-state index in [4.69, 9.17) is 5.11 Å². The molecule has 0 fully saturated rings. The van der Waals surface area contributed by atoms with E-state index in [-0.39, 0.29) is 6.10 Å². The Bertz CT molecular complexity index is 117. The fourth-order valence-electron chi connectivity index (χ4n) is 1.51. The molecule has 0 heterocycles.